The highest BCUT2D eigenvalue weighted by Crippen LogP contribution is 2.42. The third-order valence-corrected chi connectivity index (χ3v) is 8.54. The van der Waals surface area contributed by atoms with Gasteiger partial charge in [0, 0.05) is 28.8 Å². The minimum Gasteiger partial charge on any atom is -0.372 e. The lowest BCUT2D eigenvalue weighted by molar-refractivity contribution is 0.134. The van der Waals surface area contributed by atoms with Crippen molar-refractivity contribution in [2.75, 3.05) is 25.1 Å². The number of hydrogen-bond donors (Lipinski definition) is 1. The van der Waals surface area contributed by atoms with E-state index in [9.17, 15) is 4.39 Å². The van der Waals surface area contributed by atoms with E-state index in [1.54, 1.807) is 12.1 Å². The molecule has 4 rings (SSSR count). The molecule has 0 aromatic heterocycles. The number of fused-ring (bicyclic) bond motifs is 3. The lowest BCUT2D eigenvalue weighted by atomic mass is 9.76. The molecule has 174 valence electrons. The van der Waals surface area contributed by atoms with Crippen LogP contribution < -0.4 is 5.32 Å². The van der Waals surface area contributed by atoms with Crippen LogP contribution in [-0.2, 0) is 12.8 Å². The molecule has 1 aliphatic carbocycles. The van der Waals surface area contributed by atoms with Gasteiger partial charge in [0.2, 0.25) is 0 Å². The van der Waals surface area contributed by atoms with Gasteiger partial charge >= 0.3 is 0 Å². The zero-order valence-corrected chi connectivity index (χ0v) is 21.1. The van der Waals surface area contributed by atoms with Crippen LogP contribution in [0.25, 0.3) is 0 Å². The van der Waals surface area contributed by atoms with Gasteiger partial charge in [0.1, 0.15) is 5.82 Å². The van der Waals surface area contributed by atoms with Gasteiger partial charge in [-0.2, -0.15) is 0 Å². The summed E-state index contributed by atoms with van der Waals surface area (Å²) in [5, 5.41) is 5.23. The Labute approximate surface area is 206 Å². The van der Waals surface area contributed by atoms with Crippen molar-refractivity contribution in [1.29, 1.82) is 0 Å². The minimum absolute atomic E-state index is 0.156. The summed E-state index contributed by atoms with van der Waals surface area (Å²) < 4.78 is 13.4. The van der Waals surface area contributed by atoms with Gasteiger partial charge < -0.3 is 5.32 Å². The Morgan fingerprint density at radius 2 is 1.78 bits per heavy atom. The van der Waals surface area contributed by atoms with E-state index in [1.165, 1.54) is 30.9 Å². The molecule has 2 nitrogen and oxygen atoms in total. The number of nitrogens with one attached hydrogen (secondary N) is 1. The molecule has 1 saturated heterocycles. The summed E-state index contributed by atoms with van der Waals surface area (Å²) in [5.74, 6) is 2.15. The molecular formula is C26H32Cl3FN2. The van der Waals surface area contributed by atoms with E-state index in [2.05, 4.69) is 36.2 Å². The van der Waals surface area contributed by atoms with Crippen LogP contribution in [-0.4, -0.2) is 24.7 Å². The van der Waals surface area contributed by atoms with Crippen LogP contribution in [0.2, 0.25) is 15.1 Å². The van der Waals surface area contributed by atoms with Gasteiger partial charge in [0.15, 0.2) is 0 Å². The average molecular weight is 498 g/mol. The van der Waals surface area contributed by atoms with E-state index >= 15 is 0 Å². The van der Waals surface area contributed by atoms with Crippen LogP contribution in [0, 0.1) is 29.5 Å². The van der Waals surface area contributed by atoms with Crippen molar-refractivity contribution < 1.29 is 4.39 Å². The number of benzene rings is 2. The number of hydrogen-bond acceptors (Lipinski definition) is 2. The minimum atomic E-state index is -0.383. The molecule has 0 amide bonds. The first-order valence-corrected chi connectivity index (χ1v) is 12.9. The van der Waals surface area contributed by atoms with Crippen molar-refractivity contribution in [2.24, 2.45) is 23.7 Å². The number of anilines is 1. The standard InChI is InChI=1S/C26H32Cl3FN2/c1-3-17-9-23(27)22(24(28)10-17)11-20-8-18-4-5-19(16(20)2)14-32(13-18)15-31-21-6-7-26(30)25(29)12-21/h6-7,9-10,12,16,18-20,31H,3-5,8,11,13-15H2,1-2H3. The topological polar surface area (TPSA) is 15.3 Å². The first kappa shape index (κ1) is 24.1. The SMILES string of the molecule is CCc1cc(Cl)c(CC2CC3CCC(CN(CNc4ccc(F)c(Cl)c4)C3)C2C)c(Cl)c1. The maximum Gasteiger partial charge on any atom is 0.141 e. The van der Waals surface area contributed by atoms with E-state index in [1.807, 2.05) is 0 Å². The number of rotatable bonds is 6. The van der Waals surface area contributed by atoms with Crippen LogP contribution in [0.4, 0.5) is 10.1 Å². The van der Waals surface area contributed by atoms with Gasteiger partial charge in [0.05, 0.1) is 11.7 Å². The van der Waals surface area contributed by atoms with E-state index in [0.29, 0.717) is 23.7 Å². The highest BCUT2D eigenvalue weighted by atomic mass is 35.5. The molecule has 2 aliphatic rings. The molecule has 2 bridgehead atoms. The van der Waals surface area contributed by atoms with Gasteiger partial charge in [-0.1, -0.05) is 48.7 Å². The highest BCUT2D eigenvalue weighted by molar-refractivity contribution is 6.36. The molecule has 4 atom stereocenters. The quantitative estimate of drug-likeness (QED) is 0.435. The fraction of sp³-hybridized carbons (Fsp3) is 0.538. The molecule has 1 N–H and O–H groups in total. The molecule has 4 unspecified atom stereocenters. The summed E-state index contributed by atoms with van der Waals surface area (Å²) in [7, 11) is 0. The predicted octanol–water partition coefficient (Wildman–Crippen LogP) is 7.94. The Balaban J connectivity index is 1.43. The Morgan fingerprint density at radius 1 is 1.03 bits per heavy atom. The molecule has 0 spiro atoms. The van der Waals surface area contributed by atoms with Crippen molar-refractivity contribution >= 4 is 40.5 Å². The Morgan fingerprint density at radius 3 is 2.47 bits per heavy atom. The molecule has 32 heavy (non-hydrogen) atoms. The van der Waals surface area contributed by atoms with Crippen LogP contribution in [0.3, 0.4) is 0 Å². The van der Waals surface area contributed by atoms with Gasteiger partial charge in [-0.05, 0) is 97.2 Å². The van der Waals surface area contributed by atoms with Crippen LogP contribution in [0.15, 0.2) is 30.3 Å². The van der Waals surface area contributed by atoms with Gasteiger partial charge in [-0.25, -0.2) is 4.39 Å². The molecule has 2 fully saturated rings. The second-order valence-electron chi connectivity index (χ2n) is 9.65. The third kappa shape index (κ3) is 5.55. The molecule has 1 aliphatic heterocycles. The fourth-order valence-electron chi connectivity index (χ4n) is 5.58. The van der Waals surface area contributed by atoms with E-state index < -0.39 is 0 Å². The fourth-order valence-corrected chi connectivity index (χ4v) is 6.44. The summed E-state index contributed by atoms with van der Waals surface area (Å²) in [5.41, 5.74) is 3.17. The second kappa shape index (κ2) is 10.5. The first-order chi connectivity index (χ1) is 15.3. The maximum atomic E-state index is 13.4. The molecule has 1 heterocycles. The number of likely N-dealkylation sites (tertiary alicyclic amines) is 1. The van der Waals surface area contributed by atoms with Gasteiger partial charge in [-0.15, -0.1) is 0 Å². The Bertz CT molecular complexity index is 928. The number of halogens is 4. The lowest BCUT2D eigenvalue weighted by Crippen LogP contribution is -2.40. The zero-order valence-electron chi connectivity index (χ0n) is 18.8. The van der Waals surface area contributed by atoms with Crippen LogP contribution in [0.1, 0.15) is 44.2 Å². The monoisotopic (exact) mass is 496 g/mol. The summed E-state index contributed by atoms with van der Waals surface area (Å²) in [4.78, 5) is 2.52. The molecular weight excluding hydrogens is 466 g/mol. The smallest absolute Gasteiger partial charge is 0.141 e. The van der Waals surface area contributed by atoms with E-state index in [-0.39, 0.29) is 10.8 Å². The predicted molar refractivity (Wildman–Crippen MR) is 135 cm³/mol. The highest BCUT2D eigenvalue weighted by Gasteiger charge is 2.37. The van der Waals surface area contributed by atoms with Gasteiger partial charge in [-0.3, -0.25) is 4.90 Å². The first-order valence-electron chi connectivity index (χ1n) is 11.7. The lowest BCUT2D eigenvalue weighted by Gasteiger charge is -2.37. The number of nitrogens with zero attached hydrogens (tertiary/aromatic N) is 1. The summed E-state index contributed by atoms with van der Waals surface area (Å²) in [6.07, 6.45) is 5.66. The summed E-state index contributed by atoms with van der Waals surface area (Å²) >= 11 is 19.2. The van der Waals surface area contributed by atoms with Crippen molar-refractivity contribution in [3.63, 3.8) is 0 Å². The third-order valence-electron chi connectivity index (χ3n) is 7.58. The molecule has 1 saturated carbocycles. The van der Waals surface area contributed by atoms with Crippen LogP contribution in [0.5, 0.6) is 0 Å². The van der Waals surface area contributed by atoms with Gasteiger partial charge in [0.25, 0.3) is 0 Å². The maximum absolute atomic E-state index is 13.4. The summed E-state index contributed by atoms with van der Waals surface area (Å²) in [6.45, 7) is 7.45. The summed E-state index contributed by atoms with van der Waals surface area (Å²) in [6, 6.07) is 8.99. The Hall–Kier alpha value is -1.000. The molecule has 2 aromatic carbocycles. The Kier molecular flexibility index (Phi) is 7.93. The zero-order chi connectivity index (χ0) is 22.8. The van der Waals surface area contributed by atoms with Crippen molar-refractivity contribution in [3.05, 3.63) is 62.3 Å². The van der Waals surface area contributed by atoms with Crippen molar-refractivity contribution in [1.82, 2.24) is 4.90 Å². The molecule has 6 heteroatoms. The second-order valence-corrected chi connectivity index (χ2v) is 10.9. The van der Waals surface area contributed by atoms with Crippen molar-refractivity contribution in [2.45, 2.75) is 46.0 Å². The average Bonchev–Trinajstić information content (AvgIpc) is 3.05. The van der Waals surface area contributed by atoms with E-state index in [4.69, 9.17) is 34.8 Å². The van der Waals surface area contributed by atoms with Crippen LogP contribution >= 0.6 is 34.8 Å². The van der Waals surface area contributed by atoms with E-state index in [0.717, 1.165) is 53.9 Å². The molecule has 2 aromatic rings. The number of aryl methyl sites for hydroxylation is 1. The largest absolute Gasteiger partial charge is 0.372 e. The normalized spacial score (nSPS) is 26.1. The van der Waals surface area contributed by atoms with Crippen molar-refractivity contribution in [3.8, 4) is 0 Å². The molecule has 0 radical (unpaired) electrons.